The number of rotatable bonds is 7. The molecule has 12 heteroatoms. The second-order valence-corrected chi connectivity index (χ2v) is 11.8. The Morgan fingerprint density at radius 3 is 2.62 bits per heavy atom. The minimum Gasteiger partial charge on any atom is -0.462 e. The van der Waals surface area contributed by atoms with Crippen molar-refractivity contribution in [3.8, 4) is 33.8 Å². The predicted molar refractivity (Wildman–Crippen MR) is 167 cm³/mol. The van der Waals surface area contributed by atoms with Crippen molar-refractivity contribution in [1.29, 1.82) is 10.5 Å². The fourth-order valence-corrected chi connectivity index (χ4v) is 7.11. The first-order valence-corrected chi connectivity index (χ1v) is 15.5. The number of thioether (sulfide) groups is 1. The van der Waals surface area contributed by atoms with Gasteiger partial charge in [0.15, 0.2) is 5.41 Å². The largest absolute Gasteiger partial charge is 0.462 e. The SMILES string of the molecule is CCOC(=O)C1=C(CSc2nc(-c3cccs3)cc(-c3ccc(F)cc3)c2C#N)OC(N)=C(C#N)C12C(=O)Nc1ccccc12. The zero-order chi connectivity index (χ0) is 31.7. The van der Waals surface area contributed by atoms with Gasteiger partial charge in [0.25, 0.3) is 0 Å². The van der Waals surface area contributed by atoms with Crippen molar-refractivity contribution >= 4 is 40.7 Å². The Kier molecular flexibility index (Phi) is 7.85. The molecule has 9 nitrogen and oxygen atoms in total. The van der Waals surface area contributed by atoms with Crippen LogP contribution >= 0.6 is 23.1 Å². The van der Waals surface area contributed by atoms with Gasteiger partial charge in [-0.2, -0.15) is 10.5 Å². The number of ether oxygens (including phenoxy) is 2. The molecule has 4 heterocycles. The van der Waals surface area contributed by atoms with Gasteiger partial charge in [0.1, 0.15) is 39.9 Å². The number of halogens is 1. The van der Waals surface area contributed by atoms with E-state index in [1.807, 2.05) is 23.6 Å². The first-order valence-electron chi connectivity index (χ1n) is 13.6. The van der Waals surface area contributed by atoms with E-state index in [1.165, 1.54) is 23.5 Å². The van der Waals surface area contributed by atoms with Gasteiger partial charge in [0.05, 0.1) is 28.5 Å². The minimum atomic E-state index is -1.92. The van der Waals surface area contributed by atoms with Gasteiger partial charge in [-0.05, 0) is 48.2 Å². The summed E-state index contributed by atoms with van der Waals surface area (Å²) in [7, 11) is 0. The van der Waals surface area contributed by atoms with Gasteiger partial charge < -0.3 is 20.5 Å². The lowest BCUT2D eigenvalue weighted by molar-refractivity contribution is -0.140. The summed E-state index contributed by atoms with van der Waals surface area (Å²) in [6, 6.07) is 22.3. The van der Waals surface area contributed by atoms with E-state index >= 15 is 0 Å². The molecule has 2 aliphatic rings. The molecule has 4 aromatic rings. The van der Waals surface area contributed by atoms with Gasteiger partial charge in [-0.25, -0.2) is 14.2 Å². The molecule has 45 heavy (non-hydrogen) atoms. The fraction of sp³-hybridized carbons (Fsp3) is 0.121. The summed E-state index contributed by atoms with van der Waals surface area (Å²) in [5.41, 5.74) is 6.67. The number of anilines is 1. The first-order chi connectivity index (χ1) is 21.8. The second kappa shape index (κ2) is 11.9. The molecule has 1 unspecified atom stereocenters. The number of carbonyl (C=O) groups excluding carboxylic acids is 2. The number of benzene rings is 2. The molecule has 1 spiro atoms. The molecule has 2 aliphatic heterocycles. The Labute approximate surface area is 265 Å². The van der Waals surface area contributed by atoms with Crippen LogP contribution in [0, 0.1) is 28.5 Å². The molecule has 6 rings (SSSR count). The number of nitrogens with one attached hydrogen (secondary N) is 1. The van der Waals surface area contributed by atoms with E-state index in [0.717, 1.165) is 16.6 Å². The van der Waals surface area contributed by atoms with Crippen LogP contribution in [0.25, 0.3) is 21.7 Å². The molecule has 0 radical (unpaired) electrons. The summed E-state index contributed by atoms with van der Waals surface area (Å²) >= 11 is 2.55. The second-order valence-electron chi connectivity index (χ2n) is 9.84. The maximum Gasteiger partial charge on any atom is 0.339 e. The maximum absolute atomic E-state index is 13.8. The topological polar surface area (TPSA) is 151 Å². The van der Waals surface area contributed by atoms with Crippen LogP contribution in [-0.4, -0.2) is 29.2 Å². The number of amides is 1. The number of hydrogen-bond acceptors (Lipinski definition) is 10. The predicted octanol–water partition coefficient (Wildman–Crippen LogP) is 6.01. The van der Waals surface area contributed by atoms with Gasteiger partial charge in [0, 0.05) is 16.8 Å². The Morgan fingerprint density at radius 2 is 1.93 bits per heavy atom. The maximum atomic E-state index is 13.8. The molecule has 2 aromatic carbocycles. The smallest absolute Gasteiger partial charge is 0.339 e. The van der Waals surface area contributed by atoms with Crippen molar-refractivity contribution in [1.82, 2.24) is 4.98 Å². The molecule has 222 valence electrons. The molecule has 1 atom stereocenters. The van der Waals surface area contributed by atoms with E-state index in [0.29, 0.717) is 33.1 Å². The van der Waals surface area contributed by atoms with Crippen LogP contribution < -0.4 is 11.1 Å². The van der Waals surface area contributed by atoms with Crippen LogP contribution in [0.2, 0.25) is 0 Å². The van der Waals surface area contributed by atoms with Gasteiger partial charge in [-0.15, -0.1) is 11.3 Å². The Morgan fingerprint density at radius 1 is 1.16 bits per heavy atom. The Bertz CT molecular complexity index is 2010. The third kappa shape index (κ3) is 4.90. The van der Waals surface area contributed by atoms with Crippen LogP contribution in [0.4, 0.5) is 10.1 Å². The molecule has 0 bridgehead atoms. The van der Waals surface area contributed by atoms with E-state index in [2.05, 4.69) is 11.4 Å². The molecule has 0 aliphatic carbocycles. The van der Waals surface area contributed by atoms with Crippen LogP contribution in [0.5, 0.6) is 0 Å². The number of carbonyl (C=O) groups is 2. The standard InChI is InChI=1S/C33H22FN5O4S2/c1-2-42-31(40)28-26(43-29(37)23(16-36)33(28)22-6-3-4-7-24(22)39-32(33)41)17-45-30-21(15-35)20(18-9-11-19(34)12-10-18)14-25(38-30)27-8-5-13-44-27/h3-14H,2,17,37H2,1H3,(H,39,41). The van der Waals surface area contributed by atoms with Crippen molar-refractivity contribution in [2.45, 2.75) is 17.4 Å². The van der Waals surface area contributed by atoms with Crippen molar-refractivity contribution in [2.24, 2.45) is 5.73 Å². The normalized spacial score (nSPS) is 16.9. The van der Waals surface area contributed by atoms with E-state index in [-0.39, 0.29) is 40.7 Å². The van der Waals surface area contributed by atoms with Crippen LogP contribution in [0.15, 0.2) is 99.9 Å². The molecule has 0 saturated carbocycles. The average molecular weight is 636 g/mol. The molecule has 2 aromatic heterocycles. The number of nitrogens with two attached hydrogens (primary N) is 1. The van der Waals surface area contributed by atoms with E-state index in [1.54, 1.807) is 49.4 Å². The van der Waals surface area contributed by atoms with E-state index in [4.69, 9.17) is 20.2 Å². The average Bonchev–Trinajstić information content (AvgIpc) is 3.67. The monoisotopic (exact) mass is 635 g/mol. The molecule has 0 saturated heterocycles. The number of esters is 1. The molecular formula is C33H22FN5O4S2. The summed E-state index contributed by atoms with van der Waals surface area (Å²) in [4.78, 5) is 33.1. The van der Waals surface area contributed by atoms with Gasteiger partial charge in [0.2, 0.25) is 11.8 Å². The zero-order valence-corrected chi connectivity index (χ0v) is 25.2. The fourth-order valence-electron chi connectivity index (χ4n) is 5.49. The summed E-state index contributed by atoms with van der Waals surface area (Å²) in [5.74, 6) is -2.37. The lowest BCUT2D eigenvalue weighted by atomic mass is 9.68. The van der Waals surface area contributed by atoms with Crippen LogP contribution in [-0.2, 0) is 24.5 Å². The Balaban J connectivity index is 1.52. The lowest BCUT2D eigenvalue weighted by Crippen LogP contribution is -2.46. The third-order valence-corrected chi connectivity index (χ3v) is 9.25. The number of fused-ring (bicyclic) bond motifs is 2. The quantitative estimate of drug-likeness (QED) is 0.184. The number of nitrogens with zero attached hydrogens (tertiary/aromatic N) is 3. The number of pyridine rings is 1. The highest BCUT2D eigenvalue weighted by Crippen LogP contribution is 2.52. The van der Waals surface area contributed by atoms with Crippen molar-refractivity contribution < 1.29 is 23.5 Å². The zero-order valence-electron chi connectivity index (χ0n) is 23.6. The number of nitriles is 2. The highest BCUT2D eigenvalue weighted by atomic mass is 32.2. The van der Waals surface area contributed by atoms with Gasteiger partial charge in [-0.1, -0.05) is 48.2 Å². The van der Waals surface area contributed by atoms with Crippen LogP contribution in [0.1, 0.15) is 18.1 Å². The number of para-hydroxylation sites is 1. The molecule has 3 N–H and O–H groups in total. The molecule has 1 amide bonds. The number of aromatic nitrogens is 1. The van der Waals surface area contributed by atoms with Crippen LogP contribution in [0.3, 0.4) is 0 Å². The minimum absolute atomic E-state index is 0.00674. The highest BCUT2D eigenvalue weighted by Gasteiger charge is 2.60. The van der Waals surface area contributed by atoms with Gasteiger partial charge in [-0.3, -0.25) is 4.79 Å². The number of thiophene rings is 1. The molecular weight excluding hydrogens is 614 g/mol. The highest BCUT2D eigenvalue weighted by molar-refractivity contribution is 7.99. The third-order valence-electron chi connectivity index (χ3n) is 7.39. The van der Waals surface area contributed by atoms with Crippen molar-refractivity contribution in [2.75, 3.05) is 17.7 Å². The summed E-state index contributed by atoms with van der Waals surface area (Å²) in [6.07, 6.45) is 0. The van der Waals surface area contributed by atoms with Crippen molar-refractivity contribution in [3.63, 3.8) is 0 Å². The summed E-state index contributed by atoms with van der Waals surface area (Å²) in [5, 5.41) is 25.5. The van der Waals surface area contributed by atoms with E-state index in [9.17, 15) is 24.5 Å². The summed E-state index contributed by atoms with van der Waals surface area (Å²) < 4.78 is 25.1. The lowest BCUT2D eigenvalue weighted by Gasteiger charge is -2.34. The van der Waals surface area contributed by atoms with Gasteiger partial charge >= 0.3 is 5.97 Å². The summed E-state index contributed by atoms with van der Waals surface area (Å²) in [6.45, 7) is 1.62. The number of hydrogen-bond donors (Lipinski definition) is 2. The van der Waals surface area contributed by atoms with E-state index < -0.39 is 23.1 Å². The molecule has 0 fully saturated rings. The van der Waals surface area contributed by atoms with Crippen molar-refractivity contribution in [3.05, 3.63) is 112 Å². The Hall–Kier alpha value is -5.43. The first kappa shape index (κ1) is 29.6.